The Bertz CT molecular complexity index is 848. The van der Waals surface area contributed by atoms with E-state index in [1.165, 1.54) is 0 Å². The van der Waals surface area contributed by atoms with Crippen LogP contribution in [0.25, 0.3) is 22.4 Å². The Labute approximate surface area is 114 Å². The summed E-state index contributed by atoms with van der Waals surface area (Å²) >= 11 is 0. The molecule has 0 saturated carbocycles. The number of hydrogen-bond donors (Lipinski definition) is 2. The van der Waals surface area contributed by atoms with E-state index in [0.29, 0.717) is 27.8 Å². The van der Waals surface area contributed by atoms with Gasteiger partial charge in [0, 0.05) is 11.4 Å². The minimum atomic E-state index is -0.448. The van der Waals surface area contributed by atoms with E-state index in [2.05, 4.69) is 4.98 Å². The molecule has 3 rings (SSSR count). The van der Waals surface area contributed by atoms with Crippen LogP contribution in [0, 0.1) is 6.92 Å². The zero-order valence-corrected chi connectivity index (χ0v) is 10.9. The van der Waals surface area contributed by atoms with E-state index in [9.17, 15) is 4.79 Å². The van der Waals surface area contributed by atoms with Crippen molar-refractivity contribution in [3.05, 3.63) is 52.4 Å². The molecule has 0 aliphatic carbocycles. The number of nitrogen functional groups attached to an aromatic ring is 2. The summed E-state index contributed by atoms with van der Waals surface area (Å²) in [6.45, 7) is 1.90. The van der Waals surface area contributed by atoms with Gasteiger partial charge >= 0.3 is 5.63 Å². The van der Waals surface area contributed by atoms with Gasteiger partial charge in [-0.05, 0) is 31.2 Å². The maximum atomic E-state index is 12.1. The van der Waals surface area contributed by atoms with Gasteiger partial charge in [0.25, 0.3) is 0 Å². The molecule has 1 heterocycles. The SMILES string of the molecule is Cc1ccc2nc(-c3c(N)cccc3N)oc(=O)c2c1. The van der Waals surface area contributed by atoms with Gasteiger partial charge in [0.15, 0.2) is 0 Å². The summed E-state index contributed by atoms with van der Waals surface area (Å²) in [5, 5.41) is 0.446. The predicted molar refractivity (Wildman–Crippen MR) is 79.3 cm³/mol. The topological polar surface area (TPSA) is 95.1 Å². The van der Waals surface area contributed by atoms with Crippen LogP contribution in [-0.4, -0.2) is 4.98 Å². The van der Waals surface area contributed by atoms with Crippen molar-refractivity contribution < 1.29 is 4.42 Å². The van der Waals surface area contributed by atoms with Crippen LogP contribution in [0.15, 0.2) is 45.6 Å². The summed E-state index contributed by atoms with van der Waals surface area (Å²) in [7, 11) is 0. The third-order valence-corrected chi connectivity index (χ3v) is 3.13. The van der Waals surface area contributed by atoms with Crippen LogP contribution in [0.1, 0.15) is 5.56 Å². The van der Waals surface area contributed by atoms with Gasteiger partial charge in [0.1, 0.15) is 0 Å². The molecule has 0 atom stereocenters. The highest BCUT2D eigenvalue weighted by molar-refractivity contribution is 5.85. The molecule has 0 amide bonds. The maximum Gasteiger partial charge on any atom is 0.347 e. The lowest BCUT2D eigenvalue weighted by Crippen LogP contribution is -2.05. The summed E-state index contributed by atoms with van der Waals surface area (Å²) in [4.78, 5) is 16.4. The summed E-state index contributed by atoms with van der Waals surface area (Å²) < 4.78 is 5.27. The summed E-state index contributed by atoms with van der Waals surface area (Å²) in [6, 6.07) is 10.5. The first kappa shape index (κ1) is 12.2. The van der Waals surface area contributed by atoms with Gasteiger partial charge in [-0.25, -0.2) is 9.78 Å². The normalized spacial score (nSPS) is 10.8. The molecule has 0 saturated heterocycles. The first-order valence-electron chi connectivity index (χ1n) is 6.12. The Morgan fingerprint density at radius 1 is 1.10 bits per heavy atom. The van der Waals surface area contributed by atoms with Crippen LogP contribution in [0.5, 0.6) is 0 Å². The van der Waals surface area contributed by atoms with Crippen molar-refractivity contribution in [3.8, 4) is 11.5 Å². The first-order chi connectivity index (χ1) is 9.56. The number of aryl methyl sites for hydroxylation is 1. The average Bonchev–Trinajstić information content (AvgIpc) is 2.39. The van der Waals surface area contributed by atoms with Gasteiger partial charge in [-0.2, -0.15) is 0 Å². The number of nitrogens with zero attached hydrogens (tertiary/aromatic N) is 1. The van der Waals surface area contributed by atoms with E-state index >= 15 is 0 Å². The molecule has 0 spiro atoms. The van der Waals surface area contributed by atoms with Crippen LogP contribution >= 0.6 is 0 Å². The van der Waals surface area contributed by atoms with Crippen molar-refractivity contribution in [1.29, 1.82) is 0 Å². The first-order valence-corrected chi connectivity index (χ1v) is 6.12. The Balaban J connectivity index is 2.34. The van der Waals surface area contributed by atoms with E-state index < -0.39 is 5.63 Å². The third kappa shape index (κ3) is 1.89. The fraction of sp³-hybridized carbons (Fsp3) is 0.0667. The van der Waals surface area contributed by atoms with E-state index in [4.69, 9.17) is 15.9 Å². The number of nitrogens with two attached hydrogens (primary N) is 2. The Hall–Kier alpha value is -2.82. The second-order valence-corrected chi connectivity index (χ2v) is 4.64. The van der Waals surface area contributed by atoms with Crippen LogP contribution in [0.4, 0.5) is 11.4 Å². The largest absolute Gasteiger partial charge is 0.403 e. The molecule has 3 aromatic rings. The molecule has 1 aromatic heterocycles. The number of benzene rings is 2. The van der Waals surface area contributed by atoms with E-state index in [-0.39, 0.29) is 5.89 Å². The molecule has 5 nitrogen and oxygen atoms in total. The third-order valence-electron chi connectivity index (χ3n) is 3.13. The van der Waals surface area contributed by atoms with E-state index in [1.54, 1.807) is 30.3 Å². The Kier molecular flexibility index (Phi) is 2.68. The molecule has 0 bridgehead atoms. The zero-order valence-electron chi connectivity index (χ0n) is 10.9. The summed E-state index contributed by atoms with van der Waals surface area (Å²) in [6.07, 6.45) is 0. The van der Waals surface area contributed by atoms with Gasteiger partial charge in [-0.1, -0.05) is 17.7 Å². The van der Waals surface area contributed by atoms with Crippen LogP contribution < -0.4 is 17.1 Å². The highest BCUT2D eigenvalue weighted by Crippen LogP contribution is 2.30. The van der Waals surface area contributed by atoms with E-state index in [1.807, 2.05) is 13.0 Å². The second kappa shape index (κ2) is 4.38. The van der Waals surface area contributed by atoms with Crippen molar-refractivity contribution in [2.45, 2.75) is 6.92 Å². The molecule has 2 aromatic carbocycles. The lowest BCUT2D eigenvalue weighted by Gasteiger charge is -2.07. The van der Waals surface area contributed by atoms with Gasteiger partial charge in [-0.15, -0.1) is 0 Å². The maximum absolute atomic E-state index is 12.1. The van der Waals surface area contributed by atoms with Gasteiger partial charge in [0.2, 0.25) is 5.89 Å². The highest BCUT2D eigenvalue weighted by Gasteiger charge is 2.13. The Morgan fingerprint density at radius 2 is 1.80 bits per heavy atom. The van der Waals surface area contributed by atoms with Gasteiger partial charge < -0.3 is 15.9 Å². The van der Waals surface area contributed by atoms with Crippen LogP contribution in [0.3, 0.4) is 0 Å². The number of anilines is 2. The van der Waals surface area contributed by atoms with Crippen LogP contribution in [-0.2, 0) is 0 Å². The van der Waals surface area contributed by atoms with E-state index in [0.717, 1.165) is 5.56 Å². The molecule has 20 heavy (non-hydrogen) atoms. The molecule has 100 valence electrons. The fourth-order valence-electron chi connectivity index (χ4n) is 2.13. The molecule has 5 heteroatoms. The van der Waals surface area contributed by atoms with Crippen molar-refractivity contribution in [1.82, 2.24) is 4.98 Å². The molecular formula is C15H13N3O2. The smallest absolute Gasteiger partial charge is 0.347 e. The average molecular weight is 267 g/mol. The minimum absolute atomic E-state index is 0.141. The molecule has 0 fully saturated rings. The summed E-state index contributed by atoms with van der Waals surface area (Å²) in [5.74, 6) is 0.141. The van der Waals surface area contributed by atoms with Crippen LogP contribution in [0.2, 0.25) is 0 Å². The number of hydrogen-bond acceptors (Lipinski definition) is 5. The zero-order chi connectivity index (χ0) is 14.3. The van der Waals surface area contributed by atoms with Crippen molar-refractivity contribution in [2.24, 2.45) is 0 Å². The van der Waals surface area contributed by atoms with Crippen molar-refractivity contribution >= 4 is 22.3 Å². The molecule has 0 radical (unpaired) electrons. The second-order valence-electron chi connectivity index (χ2n) is 4.64. The van der Waals surface area contributed by atoms with Crippen molar-refractivity contribution in [3.63, 3.8) is 0 Å². The molecule has 0 aliphatic rings. The van der Waals surface area contributed by atoms with Gasteiger partial charge in [0.05, 0.1) is 16.5 Å². The minimum Gasteiger partial charge on any atom is -0.403 e. The number of aromatic nitrogens is 1. The lowest BCUT2D eigenvalue weighted by atomic mass is 10.1. The standard InChI is InChI=1S/C15H13N3O2/c1-8-5-6-12-9(7-8)15(19)20-14(18-12)13-10(16)3-2-4-11(13)17/h2-7H,16-17H2,1H3. The Morgan fingerprint density at radius 3 is 2.50 bits per heavy atom. The lowest BCUT2D eigenvalue weighted by molar-refractivity contribution is 0.519. The monoisotopic (exact) mass is 267 g/mol. The fourth-order valence-corrected chi connectivity index (χ4v) is 2.13. The number of fused-ring (bicyclic) bond motifs is 1. The summed E-state index contributed by atoms with van der Waals surface area (Å²) in [5.41, 5.74) is 14.2. The van der Waals surface area contributed by atoms with Crippen molar-refractivity contribution in [2.75, 3.05) is 11.5 Å². The number of rotatable bonds is 1. The molecular weight excluding hydrogens is 254 g/mol. The predicted octanol–water partition coefficient (Wildman–Crippen LogP) is 2.33. The molecule has 0 unspecified atom stereocenters. The highest BCUT2D eigenvalue weighted by atomic mass is 16.4. The molecule has 0 aliphatic heterocycles. The van der Waals surface area contributed by atoms with Gasteiger partial charge in [-0.3, -0.25) is 0 Å². The quantitative estimate of drug-likeness (QED) is 0.660. The molecule has 4 N–H and O–H groups in total.